The monoisotopic (exact) mass is 529 g/mol. The molecule has 202 valence electrons. The van der Waals surface area contributed by atoms with E-state index in [0.29, 0.717) is 6.54 Å². The minimum atomic E-state index is 0.0721. The first kappa shape index (κ1) is 24.0. The van der Waals surface area contributed by atoms with Crippen LogP contribution in [-0.2, 0) is 19.5 Å². The van der Waals surface area contributed by atoms with Crippen LogP contribution in [0.1, 0.15) is 33.5 Å². The number of aromatic nitrogens is 1. The van der Waals surface area contributed by atoms with E-state index >= 15 is 0 Å². The van der Waals surface area contributed by atoms with E-state index in [4.69, 9.17) is 0 Å². The van der Waals surface area contributed by atoms with Crippen molar-refractivity contribution in [2.75, 3.05) is 44.2 Å². The van der Waals surface area contributed by atoms with Gasteiger partial charge in [-0.05, 0) is 47.7 Å². The predicted molar refractivity (Wildman–Crippen MR) is 162 cm³/mol. The van der Waals surface area contributed by atoms with Gasteiger partial charge in [0.2, 0.25) is 0 Å². The molecule has 5 aliphatic rings. The van der Waals surface area contributed by atoms with Crippen molar-refractivity contribution in [2.45, 2.75) is 32.0 Å². The number of nitrogens with one attached hydrogen (secondary N) is 2. The van der Waals surface area contributed by atoms with Crippen LogP contribution in [0.2, 0.25) is 0 Å². The van der Waals surface area contributed by atoms with Crippen LogP contribution >= 0.6 is 0 Å². The van der Waals surface area contributed by atoms with Crippen LogP contribution in [0, 0.1) is 0 Å². The summed E-state index contributed by atoms with van der Waals surface area (Å²) >= 11 is 0. The third-order valence-corrected chi connectivity index (χ3v) is 9.34. The predicted octanol–water partition coefficient (Wildman–Crippen LogP) is 2.98. The number of piperazine rings is 1. The van der Waals surface area contributed by atoms with Gasteiger partial charge in [-0.25, -0.2) is 0 Å². The van der Waals surface area contributed by atoms with Gasteiger partial charge < -0.3 is 20.1 Å². The number of hydrogen-bond acceptors (Lipinski definition) is 4. The molecule has 1 aromatic heterocycles. The van der Waals surface area contributed by atoms with Crippen molar-refractivity contribution in [1.29, 1.82) is 0 Å². The van der Waals surface area contributed by atoms with Crippen LogP contribution < -0.4 is 20.8 Å². The molecule has 1 atom stereocenters. The molecule has 1 fully saturated rings. The number of benzene rings is 2. The Labute approximate surface area is 234 Å². The van der Waals surface area contributed by atoms with Crippen molar-refractivity contribution < 1.29 is 4.79 Å². The molecule has 40 heavy (non-hydrogen) atoms. The zero-order valence-corrected chi connectivity index (χ0v) is 22.8. The van der Waals surface area contributed by atoms with Gasteiger partial charge in [-0.15, -0.1) is 0 Å². The van der Waals surface area contributed by atoms with Crippen LogP contribution in [-0.4, -0.2) is 66.0 Å². The molecule has 0 radical (unpaired) electrons. The number of carbonyl (C=O) groups excluding carboxylic acids is 1. The first-order chi connectivity index (χ1) is 19.8. The zero-order valence-electron chi connectivity index (χ0n) is 22.8. The average molecular weight is 530 g/mol. The Bertz CT molecular complexity index is 1720. The number of amides is 1. The average Bonchev–Trinajstić information content (AvgIpc) is 3.66. The topological polar surface area (TPSA) is 54.6 Å². The van der Waals surface area contributed by atoms with Gasteiger partial charge in [-0.2, -0.15) is 0 Å². The highest BCUT2D eigenvalue weighted by Crippen LogP contribution is 2.39. The Kier molecular flexibility index (Phi) is 5.78. The SMILES string of the molecule is O=C1NCc2c1c1c(c3[nH]c4c(c23)CC=CC=4)N(CCCN2CCN(Cc3ccccc3)CC2)C2C=CC=CC=12. The Hall–Kier alpha value is -3.87. The normalized spacial score (nSPS) is 21.4. The minimum Gasteiger partial charge on any atom is -0.359 e. The maximum Gasteiger partial charge on any atom is 0.252 e. The first-order valence-corrected chi connectivity index (χ1v) is 14.7. The lowest BCUT2D eigenvalue weighted by Crippen LogP contribution is -2.46. The molecule has 6 heteroatoms. The van der Waals surface area contributed by atoms with E-state index in [1.54, 1.807) is 0 Å². The zero-order chi connectivity index (χ0) is 26.6. The fourth-order valence-electron chi connectivity index (χ4n) is 7.45. The van der Waals surface area contributed by atoms with Crippen molar-refractivity contribution in [1.82, 2.24) is 20.1 Å². The van der Waals surface area contributed by atoms with Gasteiger partial charge in [0.05, 0.1) is 22.8 Å². The number of carbonyl (C=O) groups is 1. The summed E-state index contributed by atoms with van der Waals surface area (Å²) in [4.78, 5) is 24.8. The maximum absolute atomic E-state index is 13.3. The molecular formula is C34H35N5O. The number of allylic oxidation sites excluding steroid dienone is 4. The molecule has 2 aliphatic carbocycles. The van der Waals surface area contributed by atoms with Gasteiger partial charge in [0.25, 0.3) is 5.91 Å². The number of anilines is 1. The van der Waals surface area contributed by atoms with Crippen molar-refractivity contribution in [3.8, 4) is 0 Å². The van der Waals surface area contributed by atoms with Crippen LogP contribution in [0.15, 0.2) is 66.8 Å². The molecule has 0 saturated carbocycles. The van der Waals surface area contributed by atoms with Gasteiger partial charge in [-0.3, -0.25) is 9.69 Å². The number of hydrogen-bond donors (Lipinski definition) is 2. The lowest BCUT2D eigenvalue weighted by atomic mass is 9.94. The Morgan fingerprint density at radius 1 is 0.925 bits per heavy atom. The molecule has 1 amide bonds. The summed E-state index contributed by atoms with van der Waals surface area (Å²) in [7, 11) is 0. The van der Waals surface area contributed by atoms with Crippen LogP contribution in [0.4, 0.5) is 5.69 Å². The molecule has 4 heterocycles. The van der Waals surface area contributed by atoms with Crippen LogP contribution in [0.3, 0.4) is 0 Å². The molecule has 3 aromatic rings. The van der Waals surface area contributed by atoms with Gasteiger partial charge in [0.1, 0.15) is 0 Å². The second-order valence-electron chi connectivity index (χ2n) is 11.6. The Morgan fingerprint density at radius 3 is 2.65 bits per heavy atom. The molecule has 2 N–H and O–H groups in total. The van der Waals surface area contributed by atoms with Crippen LogP contribution in [0.25, 0.3) is 22.6 Å². The van der Waals surface area contributed by atoms with E-state index in [2.05, 4.69) is 97.9 Å². The highest BCUT2D eigenvalue weighted by Gasteiger charge is 2.38. The fourth-order valence-corrected chi connectivity index (χ4v) is 7.45. The summed E-state index contributed by atoms with van der Waals surface area (Å²) in [5.41, 5.74) is 8.48. The van der Waals surface area contributed by atoms with E-state index in [1.807, 2.05) is 0 Å². The fraction of sp³-hybridized carbons (Fsp3) is 0.324. The highest BCUT2D eigenvalue weighted by molar-refractivity contribution is 6.12. The van der Waals surface area contributed by atoms with Gasteiger partial charge in [-0.1, -0.05) is 66.8 Å². The van der Waals surface area contributed by atoms with Crippen molar-refractivity contribution in [2.24, 2.45) is 0 Å². The van der Waals surface area contributed by atoms with Crippen molar-refractivity contribution in [3.63, 3.8) is 0 Å². The van der Waals surface area contributed by atoms with E-state index in [-0.39, 0.29) is 11.9 Å². The smallest absolute Gasteiger partial charge is 0.252 e. The van der Waals surface area contributed by atoms with E-state index in [1.165, 1.54) is 44.2 Å². The summed E-state index contributed by atoms with van der Waals surface area (Å²) in [6.07, 6.45) is 17.3. The lowest BCUT2D eigenvalue weighted by molar-refractivity contribution is 0.0965. The van der Waals surface area contributed by atoms with Crippen LogP contribution in [0.5, 0.6) is 0 Å². The Morgan fingerprint density at radius 2 is 1.77 bits per heavy atom. The van der Waals surface area contributed by atoms with E-state index in [9.17, 15) is 4.79 Å². The summed E-state index contributed by atoms with van der Waals surface area (Å²) in [6, 6.07) is 11.0. The Balaban J connectivity index is 1.07. The molecule has 0 spiro atoms. The van der Waals surface area contributed by atoms with E-state index in [0.717, 1.165) is 69.4 Å². The second kappa shape index (κ2) is 9.65. The summed E-state index contributed by atoms with van der Waals surface area (Å²) in [5, 5.41) is 6.74. The van der Waals surface area contributed by atoms with Gasteiger partial charge in [0.15, 0.2) is 0 Å². The maximum atomic E-state index is 13.3. The second-order valence-corrected chi connectivity index (χ2v) is 11.6. The number of rotatable bonds is 6. The molecular weight excluding hydrogens is 494 g/mol. The third-order valence-electron chi connectivity index (χ3n) is 9.34. The number of fused-ring (bicyclic) bond motifs is 9. The largest absolute Gasteiger partial charge is 0.359 e. The number of H-pyrrole nitrogens is 1. The first-order valence-electron chi connectivity index (χ1n) is 14.7. The quantitative estimate of drug-likeness (QED) is 0.516. The van der Waals surface area contributed by atoms with Crippen molar-refractivity contribution >= 4 is 34.1 Å². The molecule has 6 nitrogen and oxygen atoms in total. The molecule has 1 unspecified atom stereocenters. The summed E-state index contributed by atoms with van der Waals surface area (Å²) in [5.74, 6) is 0.0721. The summed E-state index contributed by atoms with van der Waals surface area (Å²) in [6.45, 7) is 8.20. The van der Waals surface area contributed by atoms with Crippen molar-refractivity contribution in [3.05, 3.63) is 99.6 Å². The molecule has 8 rings (SSSR count). The van der Waals surface area contributed by atoms with Gasteiger partial charge >= 0.3 is 0 Å². The lowest BCUT2D eigenvalue weighted by Gasteiger charge is -2.35. The molecule has 1 saturated heterocycles. The molecule has 2 aromatic carbocycles. The van der Waals surface area contributed by atoms with Gasteiger partial charge in [0, 0.05) is 61.8 Å². The number of aromatic amines is 1. The third kappa shape index (κ3) is 3.81. The highest BCUT2D eigenvalue weighted by atomic mass is 16.1. The number of nitrogens with zero attached hydrogens (tertiary/aromatic N) is 3. The molecule has 3 aliphatic heterocycles. The molecule has 0 bridgehead atoms. The van der Waals surface area contributed by atoms with E-state index < -0.39 is 0 Å². The standard InChI is InChI=1S/C34H35N5O/c40-34-31-26(21-35-34)29-24-11-4-6-13-27(24)36-32(29)33-30(31)25-12-5-7-14-28(25)39(33)16-8-15-37-17-19-38(20-18-37)22-23-9-2-1-3-10-23/h1-7,9-10,12-14,28,36H,8,11,15-22H2,(H,35,40). The minimum absolute atomic E-state index is 0.0721. The summed E-state index contributed by atoms with van der Waals surface area (Å²) < 4.78 is 0.